The predicted molar refractivity (Wildman–Crippen MR) is 47.8 cm³/mol. The zero-order valence-electron chi connectivity index (χ0n) is 7.70. The Labute approximate surface area is 73.4 Å². The average molecular weight is 174 g/mol. The average Bonchev–Trinajstić information content (AvgIpc) is 2.03. The molecule has 0 saturated carbocycles. The monoisotopic (exact) mass is 174 g/mol. The third kappa shape index (κ3) is 5.29. The van der Waals surface area contributed by atoms with Gasteiger partial charge in [0.1, 0.15) is 0 Å². The normalized spacial score (nSPS) is 17.6. The molecule has 0 fully saturated rings. The van der Waals surface area contributed by atoms with Gasteiger partial charge in [-0.3, -0.25) is 0 Å². The summed E-state index contributed by atoms with van der Waals surface area (Å²) in [5.74, 6) is 0. The van der Waals surface area contributed by atoms with Gasteiger partial charge in [-0.15, -0.1) is 0 Å². The molecule has 72 valence electrons. The molecule has 0 amide bonds. The second-order valence-corrected chi connectivity index (χ2v) is 3.07. The van der Waals surface area contributed by atoms with Gasteiger partial charge in [0.05, 0.1) is 18.8 Å². The highest BCUT2D eigenvalue weighted by molar-refractivity contribution is 4.97. The van der Waals surface area contributed by atoms with Gasteiger partial charge in [0.2, 0.25) is 0 Å². The number of allylic oxidation sites excluding steroid dienone is 1. The van der Waals surface area contributed by atoms with E-state index in [1.54, 1.807) is 0 Å². The lowest BCUT2D eigenvalue weighted by Gasteiger charge is -2.13. The fourth-order valence-electron chi connectivity index (χ4n) is 0.961. The lowest BCUT2D eigenvalue weighted by Crippen LogP contribution is -2.20. The molecule has 0 aliphatic rings. The maximum absolute atomic E-state index is 9.34. The molecule has 0 spiro atoms. The molecule has 0 aromatic rings. The Balaban J connectivity index is 3.66. The van der Waals surface area contributed by atoms with Crippen LogP contribution in [0.5, 0.6) is 0 Å². The first-order chi connectivity index (χ1) is 5.60. The van der Waals surface area contributed by atoms with Crippen LogP contribution in [0.1, 0.15) is 26.7 Å². The van der Waals surface area contributed by atoms with Crippen LogP contribution in [0, 0.1) is 0 Å². The van der Waals surface area contributed by atoms with Gasteiger partial charge in [0.15, 0.2) is 0 Å². The minimum Gasteiger partial charge on any atom is -0.394 e. The Morgan fingerprint density at radius 1 is 1.33 bits per heavy atom. The van der Waals surface area contributed by atoms with Crippen molar-refractivity contribution in [2.45, 2.75) is 38.9 Å². The Kier molecular flexibility index (Phi) is 5.98. The van der Waals surface area contributed by atoms with E-state index in [0.717, 1.165) is 5.57 Å². The van der Waals surface area contributed by atoms with Gasteiger partial charge in [-0.05, 0) is 20.3 Å². The highest BCUT2D eigenvalue weighted by atomic mass is 16.3. The Morgan fingerprint density at radius 3 is 2.33 bits per heavy atom. The van der Waals surface area contributed by atoms with Gasteiger partial charge in [-0.2, -0.15) is 0 Å². The zero-order chi connectivity index (χ0) is 9.56. The summed E-state index contributed by atoms with van der Waals surface area (Å²) in [7, 11) is 0. The summed E-state index contributed by atoms with van der Waals surface area (Å²) >= 11 is 0. The molecule has 3 nitrogen and oxygen atoms in total. The molecule has 0 heterocycles. The Bertz CT molecular complexity index is 143. The van der Waals surface area contributed by atoms with Crippen LogP contribution in [0.2, 0.25) is 0 Å². The molecule has 0 rings (SSSR count). The second-order valence-electron chi connectivity index (χ2n) is 3.07. The van der Waals surface area contributed by atoms with Crippen molar-refractivity contribution in [2.75, 3.05) is 6.61 Å². The van der Waals surface area contributed by atoms with Crippen molar-refractivity contribution in [3.05, 3.63) is 11.6 Å². The third-order valence-corrected chi connectivity index (χ3v) is 1.81. The summed E-state index contributed by atoms with van der Waals surface area (Å²) in [4.78, 5) is 0. The van der Waals surface area contributed by atoms with Crippen LogP contribution in [0.3, 0.4) is 0 Å². The zero-order valence-corrected chi connectivity index (χ0v) is 7.70. The standard InChI is InChI=1S/C9H18O3/c1-3-7(2)4-8(11)5-9(12)6-10/h3,8-12H,4-6H2,1-2H3/t8-,9+/m1/s1. The molecule has 3 heteroatoms. The van der Waals surface area contributed by atoms with Crippen LogP contribution in [0.15, 0.2) is 11.6 Å². The molecule has 0 aromatic heterocycles. The fraction of sp³-hybridized carbons (Fsp3) is 0.778. The van der Waals surface area contributed by atoms with E-state index in [9.17, 15) is 5.11 Å². The first kappa shape index (κ1) is 11.6. The van der Waals surface area contributed by atoms with Crippen LogP contribution < -0.4 is 0 Å². The van der Waals surface area contributed by atoms with Crippen molar-refractivity contribution in [2.24, 2.45) is 0 Å². The molecule has 0 aliphatic heterocycles. The Morgan fingerprint density at radius 2 is 1.92 bits per heavy atom. The van der Waals surface area contributed by atoms with Gasteiger partial charge in [0, 0.05) is 6.42 Å². The lowest BCUT2D eigenvalue weighted by molar-refractivity contribution is 0.0420. The quantitative estimate of drug-likeness (QED) is 0.530. The van der Waals surface area contributed by atoms with Crippen LogP contribution in [0.4, 0.5) is 0 Å². The van der Waals surface area contributed by atoms with Crippen LogP contribution in [-0.4, -0.2) is 34.1 Å². The predicted octanol–water partition coefficient (Wildman–Crippen LogP) is 0.447. The molecule has 3 N–H and O–H groups in total. The molecular weight excluding hydrogens is 156 g/mol. The molecule has 0 aromatic carbocycles. The fourth-order valence-corrected chi connectivity index (χ4v) is 0.961. The topological polar surface area (TPSA) is 60.7 Å². The molecule has 0 saturated heterocycles. The maximum Gasteiger partial charge on any atom is 0.0795 e. The summed E-state index contributed by atoms with van der Waals surface area (Å²) in [6.07, 6.45) is 1.37. The largest absolute Gasteiger partial charge is 0.394 e. The first-order valence-electron chi connectivity index (χ1n) is 4.19. The number of hydrogen-bond donors (Lipinski definition) is 3. The maximum atomic E-state index is 9.34. The molecule has 2 atom stereocenters. The smallest absolute Gasteiger partial charge is 0.0795 e. The van der Waals surface area contributed by atoms with Gasteiger partial charge < -0.3 is 15.3 Å². The number of rotatable bonds is 5. The molecule has 0 bridgehead atoms. The molecule has 0 aliphatic carbocycles. The van der Waals surface area contributed by atoms with E-state index >= 15 is 0 Å². The number of aliphatic hydroxyl groups is 3. The van der Waals surface area contributed by atoms with Crippen molar-refractivity contribution in [1.29, 1.82) is 0 Å². The molecule has 0 unspecified atom stereocenters. The molecular formula is C9H18O3. The number of hydrogen-bond acceptors (Lipinski definition) is 3. The first-order valence-corrected chi connectivity index (χ1v) is 4.19. The SMILES string of the molecule is CC=C(C)C[C@@H](O)C[C@H](O)CO. The van der Waals surface area contributed by atoms with Crippen LogP contribution in [-0.2, 0) is 0 Å². The summed E-state index contributed by atoms with van der Waals surface area (Å²) in [5.41, 5.74) is 1.09. The van der Waals surface area contributed by atoms with Crippen molar-refractivity contribution in [3.8, 4) is 0 Å². The Hall–Kier alpha value is -0.380. The van der Waals surface area contributed by atoms with E-state index in [0.29, 0.717) is 6.42 Å². The van der Waals surface area contributed by atoms with Gasteiger partial charge in [-0.25, -0.2) is 0 Å². The van der Waals surface area contributed by atoms with Gasteiger partial charge >= 0.3 is 0 Å². The van der Waals surface area contributed by atoms with E-state index in [-0.39, 0.29) is 13.0 Å². The summed E-state index contributed by atoms with van der Waals surface area (Å²) in [6.45, 7) is 3.55. The third-order valence-electron chi connectivity index (χ3n) is 1.81. The second kappa shape index (κ2) is 6.17. The van der Waals surface area contributed by atoms with E-state index in [4.69, 9.17) is 10.2 Å². The van der Waals surface area contributed by atoms with E-state index in [2.05, 4.69) is 0 Å². The minimum atomic E-state index is -0.801. The van der Waals surface area contributed by atoms with Crippen LogP contribution in [0.25, 0.3) is 0 Å². The summed E-state index contributed by atoms with van der Waals surface area (Å²) in [6, 6.07) is 0. The van der Waals surface area contributed by atoms with Crippen molar-refractivity contribution in [1.82, 2.24) is 0 Å². The highest BCUT2D eigenvalue weighted by Gasteiger charge is 2.10. The van der Waals surface area contributed by atoms with Gasteiger partial charge in [0.25, 0.3) is 0 Å². The lowest BCUT2D eigenvalue weighted by atomic mass is 10.0. The van der Waals surface area contributed by atoms with Crippen molar-refractivity contribution >= 4 is 0 Å². The van der Waals surface area contributed by atoms with E-state index in [1.807, 2.05) is 19.9 Å². The molecule has 12 heavy (non-hydrogen) atoms. The molecule has 0 radical (unpaired) electrons. The summed E-state index contributed by atoms with van der Waals surface area (Å²) in [5, 5.41) is 26.8. The highest BCUT2D eigenvalue weighted by Crippen LogP contribution is 2.09. The van der Waals surface area contributed by atoms with Crippen molar-refractivity contribution in [3.63, 3.8) is 0 Å². The van der Waals surface area contributed by atoms with E-state index in [1.165, 1.54) is 0 Å². The minimum absolute atomic E-state index is 0.238. The van der Waals surface area contributed by atoms with Gasteiger partial charge in [-0.1, -0.05) is 11.6 Å². The van der Waals surface area contributed by atoms with Crippen LogP contribution >= 0.6 is 0 Å². The summed E-state index contributed by atoms with van der Waals surface area (Å²) < 4.78 is 0. The van der Waals surface area contributed by atoms with Crippen molar-refractivity contribution < 1.29 is 15.3 Å². The number of aliphatic hydroxyl groups excluding tert-OH is 3. The van der Waals surface area contributed by atoms with E-state index < -0.39 is 12.2 Å².